The van der Waals surface area contributed by atoms with E-state index in [1.807, 2.05) is 5.51 Å². The minimum Gasteiger partial charge on any atom is -0.309 e. The first-order valence-electron chi connectivity index (χ1n) is 6.50. The van der Waals surface area contributed by atoms with Crippen LogP contribution in [-0.4, -0.2) is 11.5 Å². The Morgan fingerprint density at radius 3 is 2.75 bits per heavy atom. The number of hydrogen-bond donors (Lipinski definition) is 1. The van der Waals surface area contributed by atoms with E-state index in [1.165, 1.54) is 44.2 Å². The van der Waals surface area contributed by atoms with Crippen molar-refractivity contribution in [3.63, 3.8) is 0 Å². The smallest absolute Gasteiger partial charge is 0.0795 e. The average molecular weight is 240 g/mol. The molecule has 2 nitrogen and oxygen atoms in total. The molecular weight excluding hydrogens is 216 g/mol. The topological polar surface area (TPSA) is 24.9 Å². The van der Waals surface area contributed by atoms with E-state index in [4.69, 9.17) is 0 Å². The van der Waals surface area contributed by atoms with Crippen molar-refractivity contribution in [3.05, 3.63) is 16.6 Å². The summed E-state index contributed by atoms with van der Waals surface area (Å²) in [7, 11) is 0. The lowest BCUT2D eigenvalue weighted by atomic mass is 10.1. The third kappa shape index (κ3) is 5.08. The van der Waals surface area contributed by atoms with E-state index in [1.54, 1.807) is 11.3 Å². The van der Waals surface area contributed by atoms with Crippen LogP contribution in [-0.2, 0) is 0 Å². The van der Waals surface area contributed by atoms with Gasteiger partial charge in [-0.3, -0.25) is 0 Å². The Kier molecular flexibility index (Phi) is 7.43. The fraction of sp³-hybridized carbons (Fsp3) is 0.769. The summed E-state index contributed by atoms with van der Waals surface area (Å²) in [6.45, 7) is 5.56. The summed E-state index contributed by atoms with van der Waals surface area (Å²) in [4.78, 5) is 4.42. The second-order valence-corrected chi connectivity index (χ2v) is 4.99. The molecular formula is C13H24N2S. The second-order valence-electron chi connectivity index (χ2n) is 4.27. The molecule has 0 bridgehead atoms. The quantitative estimate of drug-likeness (QED) is 0.656. The predicted molar refractivity (Wildman–Crippen MR) is 71.9 cm³/mol. The molecule has 1 aromatic rings. The van der Waals surface area contributed by atoms with Crippen LogP contribution in [0.15, 0.2) is 10.9 Å². The number of unbranched alkanes of at least 4 members (excludes halogenated alkanes) is 3. The lowest BCUT2D eigenvalue weighted by Crippen LogP contribution is -2.22. The van der Waals surface area contributed by atoms with Gasteiger partial charge in [-0.1, -0.05) is 39.5 Å². The molecule has 1 heterocycles. The summed E-state index contributed by atoms with van der Waals surface area (Å²) < 4.78 is 0. The van der Waals surface area contributed by atoms with Gasteiger partial charge in [-0.25, -0.2) is 4.98 Å². The van der Waals surface area contributed by atoms with E-state index >= 15 is 0 Å². The molecule has 0 aliphatic rings. The summed E-state index contributed by atoms with van der Waals surface area (Å²) in [5.74, 6) is 0. The Labute approximate surface area is 103 Å². The third-order valence-electron chi connectivity index (χ3n) is 2.80. The van der Waals surface area contributed by atoms with Crippen molar-refractivity contribution in [1.82, 2.24) is 10.3 Å². The molecule has 0 fully saturated rings. The van der Waals surface area contributed by atoms with E-state index < -0.39 is 0 Å². The maximum Gasteiger partial charge on any atom is 0.0795 e. The maximum absolute atomic E-state index is 4.42. The van der Waals surface area contributed by atoms with Crippen LogP contribution in [0.1, 0.15) is 64.1 Å². The van der Waals surface area contributed by atoms with E-state index in [-0.39, 0.29) is 0 Å². The SMILES string of the molecule is CCCCCCC(NCCC)c1cscn1. The zero-order valence-electron chi connectivity index (χ0n) is 10.5. The number of rotatable bonds is 9. The van der Waals surface area contributed by atoms with Crippen molar-refractivity contribution in [2.75, 3.05) is 6.54 Å². The van der Waals surface area contributed by atoms with Gasteiger partial charge in [-0.15, -0.1) is 11.3 Å². The largest absolute Gasteiger partial charge is 0.309 e. The Morgan fingerprint density at radius 1 is 1.25 bits per heavy atom. The van der Waals surface area contributed by atoms with Crippen molar-refractivity contribution in [2.45, 2.75) is 58.4 Å². The summed E-state index contributed by atoms with van der Waals surface area (Å²) in [6, 6.07) is 0.475. The highest BCUT2D eigenvalue weighted by Crippen LogP contribution is 2.20. The summed E-state index contributed by atoms with van der Waals surface area (Å²) >= 11 is 1.69. The molecule has 0 spiro atoms. The molecule has 0 aliphatic carbocycles. The van der Waals surface area contributed by atoms with Gasteiger partial charge in [0.15, 0.2) is 0 Å². The number of nitrogens with one attached hydrogen (secondary N) is 1. The molecule has 0 saturated carbocycles. The normalized spacial score (nSPS) is 12.9. The van der Waals surface area contributed by atoms with E-state index in [9.17, 15) is 0 Å². The zero-order chi connectivity index (χ0) is 11.6. The van der Waals surface area contributed by atoms with Crippen molar-refractivity contribution in [3.8, 4) is 0 Å². The summed E-state index contributed by atoms with van der Waals surface area (Å²) in [5, 5.41) is 5.77. The standard InChI is InChI=1S/C13H24N2S/c1-3-5-6-7-8-12(14-9-4-2)13-10-16-11-15-13/h10-12,14H,3-9H2,1-2H3. The Hall–Kier alpha value is -0.410. The van der Waals surface area contributed by atoms with Crippen LogP contribution in [0.5, 0.6) is 0 Å². The first kappa shape index (κ1) is 13.7. The number of aromatic nitrogens is 1. The predicted octanol–water partition coefficient (Wildman–Crippen LogP) is 4.15. The van der Waals surface area contributed by atoms with Gasteiger partial charge in [0.1, 0.15) is 0 Å². The first-order chi connectivity index (χ1) is 7.88. The van der Waals surface area contributed by atoms with Gasteiger partial charge in [0.25, 0.3) is 0 Å². The van der Waals surface area contributed by atoms with Crippen molar-refractivity contribution >= 4 is 11.3 Å². The molecule has 0 radical (unpaired) electrons. The van der Waals surface area contributed by atoms with Crippen LogP contribution < -0.4 is 5.32 Å². The molecule has 3 heteroatoms. The average Bonchev–Trinajstić information content (AvgIpc) is 2.82. The zero-order valence-corrected chi connectivity index (χ0v) is 11.4. The fourth-order valence-electron chi connectivity index (χ4n) is 1.84. The maximum atomic E-state index is 4.42. The summed E-state index contributed by atoms with van der Waals surface area (Å²) in [6.07, 6.45) is 7.75. The van der Waals surface area contributed by atoms with Crippen LogP contribution in [0.2, 0.25) is 0 Å². The summed E-state index contributed by atoms with van der Waals surface area (Å²) in [5.41, 5.74) is 3.16. The minimum atomic E-state index is 0.475. The Bertz CT molecular complexity index is 246. The molecule has 0 amide bonds. The fourth-order valence-corrected chi connectivity index (χ4v) is 2.45. The molecule has 16 heavy (non-hydrogen) atoms. The lowest BCUT2D eigenvalue weighted by molar-refractivity contribution is 0.463. The van der Waals surface area contributed by atoms with Crippen molar-refractivity contribution in [2.24, 2.45) is 0 Å². The molecule has 1 N–H and O–H groups in total. The van der Waals surface area contributed by atoms with Gasteiger partial charge in [-0.2, -0.15) is 0 Å². The highest BCUT2D eigenvalue weighted by molar-refractivity contribution is 7.07. The number of hydrogen-bond acceptors (Lipinski definition) is 3. The molecule has 1 atom stereocenters. The first-order valence-corrected chi connectivity index (χ1v) is 7.44. The van der Waals surface area contributed by atoms with Gasteiger partial charge in [0, 0.05) is 5.38 Å². The highest BCUT2D eigenvalue weighted by Gasteiger charge is 2.11. The minimum absolute atomic E-state index is 0.475. The molecule has 1 aromatic heterocycles. The molecule has 1 rings (SSSR count). The van der Waals surface area contributed by atoms with Crippen LogP contribution >= 0.6 is 11.3 Å². The lowest BCUT2D eigenvalue weighted by Gasteiger charge is -2.16. The van der Waals surface area contributed by atoms with Crippen LogP contribution in [0.4, 0.5) is 0 Å². The highest BCUT2D eigenvalue weighted by atomic mass is 32.1. The van der Waals surface area contributed by atoms with E-state index in [2.05, 4.69) is 29.5 Å². The molecule has 0 aromatic carbocycles. The van der Waals surface area contributed by atoms with Crippen LogP contribution in [0, 0.1) is 0 Å². The van der Waals surface area contributed by atoms with E-state index in [0.29, 0.717) is 6.04 Å². The second kappa shape index (κ2) is 8.71. The van der Waals surface area contributed by atoms with Crippen LogP contribution in [0.25, 0.3) is 0 Å². The molecule has 0 aliphatic heterocycles. The van der Waals surface area contributed by atoms with Crippen molar-refractivity contribution in [1.29, 1.82) is 0 Å². The molecule has 1 unspecified atom stereocenters. The molecule has 92 valence electrons. The third-order valence-corrected chi connectivity index (χ3v) is 3.40. The number of thiazole rings is 1. The van der Waals surface area contributed by atoms with E-state index in [0.717, 1.165) is 6.54 Å². The Morgan fingerprint density at radius 2 is 2.12 bits per heavy atom. The molecule has 0 saturated heterocycles. The van der Waals surface area contributed by atoms with Gasteiger partial charge < -0.3 is 5.32 Å². The monoisotopic (exact) mass is 240 g/mol. The Balaban J connectivity index is 2.32. The van der Waals surface area contributed by atoms with Gasteiger partial charge in [0.2, 0.25) is 0 Å². The van der Waals surface area contributed by atoms with Gasteiger partial charge in [-0.05, 0) is 19.4 Å². The number of nitrogens with zero attached hydrogens (tertiary/aromatic N) is 1. The van der Waals surface area contributed by atoms with Gasteiger partial charge in [0.05, 0.1) is 17.2 Å². The van der Waals surface area contributed by atoms with Gasteiger partial charge >= 0.3 is 0 Å². The van der Waals surface area contributed by atoms with Crippen LogP contribution in [0.3, 0.4) is 0 Å². The van der Waals surface area contributed by atoms with Crippen molar-refractivity contribution < 1.29 is 0 Å².